The fraction of sp³-hybridized carbons (Fsp3) is 0.200. The van der Waals surface area contributed by atoms with Crippen molar-refractivity contribution in [1.29, 1.82) is 0 Å². The van der Waals surface area contributed by atoms with Crippen LogP contribution in [0.15, 0.2) is 40.9 Å². The van der Waals surface area contributed by atoms with Gasteiger partial charge in [0.25, 0.3) is 0 Å². The molecule has 20 heavy (non-hydrogen) atoms. The Hall–Kier alpha value is -0.900. The molecule has 0 amide bonds. The van der Waals surface area contributed by atoms with Crippen LogP contribution in [0.2, 0.25) is 5.02 Å². The van der Waals surface area contributed by atoms with Crippen molar-refractivity contribution in [2.45, 2.75) is 5.38 Å². The average Bonchev–Trinajstić information content (AvgIpc) is 2.44. The van der Waals surface area contributed by atoms with Gasteiger partial charge in [-0.3, -0.25) is 0 Å². The molecule has 2 rings (SSSR count). The molecule has 0 aliphatic carbocycles. The van der Waals surface area contributed by atoms with Crippen LogP contribution in [-0.2, 0) is 0 Å². The number of methoxy groups -OCH3 is 2. The summed E-state index contributed by atoms with van der Waals surface area (Å²) in [5, 5.41) is 0.247. The van der Waals surface area contributed by atoms with Crippen LogP contribution >= 0.6 is 39.1 Å². The molecule has 0 fully saturated rings. The number of halogens is 3. The molecule has 0 bridgehead atoms. The minimum atomic E-state index is -0.380. The Bertz CT molecular complexity index is 597. The van der Waals surface area contributed by atoms with Gasteiger partial charge in [-0.1, -0.05) is 27.5 Å². The lowest BCUT2D eigenvalue weighted by Crippen LogP contribution is -1.98. The first-order valence-electron chi connectivity index (χ1n) is 5.87. The lowest BCUT2D eigenvalue weighted by Gasteiger charge is -2.16. The number of hydrogen-bond donors (Lipinski definition) is 0. The molecular weight excluding hydrogens is 363 g/mol. The molecular formula is C15H13BrCl2O2. The van der Waals surface area contributed by atoms with Gasteiger partial charge in [0.15, 0.2) is 0 Å². The maximum absolute atomic E-state index is 6.57. The van der Waals surface area contributed by atoms with Gasteiger partial charge in [0, 0.05) is 15.1 Å². The molecule has 0 heterocycles. The predicted molar refractivity (Wildman–Crippen MR) is 86.4 cm³/mol. The van der Waals surface area contributed by atoms with Crippen LogP contribution in [0.1, 0.15) is 16.5 Å². The van der Waals surface area contributed by atoms with Crippen LogP contribution in [0, 0.1) is 0 Å². The third-order valence-electron chi connectivity index (χ3n) is 2.89. The number of alkyl halides is 1. The zero-order valence-corrected chi connectivity index (χ0v) is 14.1. The summed E-state index contributed by atoms with van der Waals surface area (Å²) >= 11 is 16.1. The van der Waals surface area contributed by atoms with Crippen molar-refractivity contribution in [2.75, 3.05) is 14.2 Å². The third kappa shape index (κ3) is 3.40. The second-order valence-electron chi connectivity index (χ2n) is 4.17. The van der Waals surface area contributed by atoms with Crippen LogP contribution in [0.25, 0.3) is 0 Å². The molecule has 0 aliphatic rings. The monoisotopic (exact) mass is 374 g/mol. The first-order chi connectivity index (χ1) is 9.55. The van der Waals surface area contributed by atoms with Crippen molar-refractivity contribution in [3.63, 3.8) is 0 Å². The van der Waals surface area contributed by atoms with Gasteiger partial charge in [-0.2, -0.15) is 0 Å². The van der Waals surface area contributed by atoms with Gasteiger partial charge >= 0.3 is 0 Å². The molecule has 0 spiro atoms. The molecule has 0 saturated heterocycles. The standard InChI is InChI=1S/C15H13BrCl2O2/c1-19-12-3-4-14(20-2)13(8-12)15(18)9-5-10(16)7-11(17)6-9/h3-8,15H,1-2H3. The highest BCUT2D eigenvalue weighted by Gasteiger charge is 2.17. The Balaban J connectivity index is 2.48. The van der Waals surface area contributed by atoms with Gasteiger partial charge in [-0.25, -0.2) is 0 Å². The smallest absolute Gasteiger partial charge is 0.124 e. The van der Waals surface area contributed by atoms with E-state index in [9.17, 15) is 0 Å². The van der Waals surface area contributed by atoms with Crippen LogP contribution in [0.3, 0.4) is 0 Å². The van der Waals surface area contributed by atoms with Gasteiger partial charge < -0.3 is 9.47 Å². The van der Waals surface area contributed by atoms with E-state index in [4.69, 9.17) is 32.7 Å². The van der Waals surface area contributed by atoms with E-state index in [1.165, 1.54) is 0 Å². The summed E-state index contributed by atoms with van der Waals surface area (Å²) in [6, 6.07) is 11.1. The van der Waals surface area contributed by atoms with E-state index in [-0.39, 0.29) is 5.38 Å². The first kappa shape index (κ1) is 15.5. The van der Waals surface area contributed by atoms with Crippen LogP contribution in [0.5, 0.6) is 11.5 Å². The van der Waals surface area contributed by atoms with Crippen molar-refractivity contribution in [3.8, 4) is 11.5 Å². The van der Waals surface area contributed by atoms with Crippen molar-refractivity contribution in [1.82, 2.24) is 0 Å². The summed E-state index contributed by atoms with van der Waals surface area (Å²) in [5.74, 6) is 1.44. The van der Waals surface area contributed by atoms with Crippen molar-refractivity contribution < 1.29 is 9.47 Å². The Morgan fingerprint density at radius 2 is 1.80 bits per heavy atom. The number of rotatable bonds is 4. The summed E-state index contributed by atoms with van der Waals surface area (Å²) in [4.78, 5) is 0. The number of ether oxygens (including phenoxy) is 2. The third-order valence-corrected chi connectivity index (χ3v) is 4.05. The summed E-state index contributed by atoms with van der Waals surface area (Å²) in [5.41, 5.74) is 1.72. The molecule has 1 atom stereocenters. The summed E-state index contributed by atoms with van der Waals surface area (Å²) < 4.78 is 11.5. The zero-order valence-electron chi connectivity index (χ0n) is 11.0. The predicted octanol–water partition coefficient (Wildman–Crippen LogP) is 5.45. The summed E-state index contributed by atoms with van der Waals surface area (Å²) in [6.45, 7) is 0. The summed E-state index contributed by atoms with van der Waals surface area (Å²) in [7, 11) is 3.23. The quantitative estimate of drug-likeness (QED) is 0.661. The van der Waals surface area contributed by atoms with Gasteiger partial charge in [0.1, 0.15) is 11.5 Å². The number of benzene rings is 2. The van der Waals surface area contributed by atoms with E-state index >= 15 is 0 Å². The number of hydrogen-bond acceptors (Lipinski definition) is 2. The summed E-state index contributed by atoms with van der Waals surface area (Å²) in [6.07, 6.45) is 0. The molecule has 0 radical (unpaired) electrons. The van der Waals surface area contributed by atoms with Crippen molar-refractivity contribution >= 4 is 39.1 Å². The topological polar surface area (TPSA) is 18.5 Å². The average molecular weight is 376 g/mol. The fourth-order valence-electron chi connectivity index (χ4n) is 1.94. The lowest BCUT2D eigenvalue weighted by atomic mass is 10.0. The second kappa shape index (κ2) is 6.70. The molecule has 0 aromatic heterocycles. The molecule has 2 aromatic rings. The Morgan fingerprint density at radius 3 is 2.40 bits per heavy atom. The van der Waals surface area contributed by atoms with Crippen LogP contribution < -0.4 is 9.47 Å². The van der Waals surface area contributed by atoms with E-state index in [1.54, 1.807) is 14.2 Å². The highest BCUT2D eigenvalue weighted by molar-refractivity contribution is 9.10. The van der Waals surface area contributed by atoms with Crippen molar-refractivity contribution in [2.24, 2.45) is 0 Å². The Labute approximate surface area is 136 Å². The minimum Gasteiger partial charge on any atom is -0.497 e. The maximum Gasteiger partial charge on any atom is 0.124 e. The van der Waals surface area contributed by atoms with Gasteiger partial charge in [0.2, 0.25) is 0 Å². The molecule has 1 unspecified atom stereocenters. The lowest BCUT2D eigenvalue weighted by molar-refractivity contribution is 0.399. The minimum absolute atomic E-state index is 0.380. The van der Waals surface area contributed by atoms with Gasteiger partial charge in [-0.05, 0) is 42.0 Å². The van der Waals surface area contributed by atoms with E-state index in [0.717, 1.165) is 21.3 Å². The Kier molecular flexibility index (Phi) is 5.19. The second-order valence-corrected chi connectivity index (χ2v) is 5.96. The van der Waals surface area contributed by atoms with Gasteiger partial charge in [-0.15, -0.1) is 11.6 Å². The van der Waals surface area contributed by atoms with Gasteiger partial charge in [0.05, 0.1) is 19.6 Å². The maximum atomic E-state index is 6.57. The van der Waals surface area contributed by atoms with E-state index in [2.05, 4.69) is 15.9 Å². The molecule has 0 saturated carbocycles. The molecule has 106 valence electrons. The molecule has 2 nitrogen and oxygen atoms in total. The highest BCUT2D eigenvalue weighted by atomic mass is 79.9. The zero-order chi connectivity index (χ0) is 14.7. The molecule has 0 aliphatic heterocycles. The molecule has 5 heteroatoms. The molecule has 0 N–H and O–H groups in total. The van der Waals surface area contributed by atoms with Crippen LogP contribution in [0.4, 0.5) is 0 Å². The molecule has 2 aromatic carbocycles. The largest absolute Gasteiger partial charge is 0.497 e. The highest BCUT2D eigenvalue weighted by Crippen LogP contribution is 2.38. The van der Waals surface area contributed by atoms with E-state index in [1.807, 2.05) is 36.4 Å². The SMILES string of the molecule is COc1ccc(OC)c(C(Cl)c2cc(Cl)cc(Br)c2)c1. The fourth-order valence-corrected chi connectivity index (χ4v) is 3.12. The first-order valence-corrected chi connectivity index (χ1v) is 7.48. The normalized spacial score (nSPS) is 12.1. The van der Waals surface area contributed by atoms with E-state index < -0.39 is 0 Å². The van der Waals surface area contributed by atoms with Crippen molar-refractivity contribution in [3.05, 3.63) is 57.0 Å². The van der Waals surface area contributed by atoms with E-state index in [0.29, 0.717) is 10.8 Å². The Morgan fingerprint density at radius 1 is 1.05 bits per heavy atom. The van der Waals surface area contributed by atoms with Crippen LogP contribution in [-0.4, -0.2) is 14.2 Å².